The van der Waals surface area contributed by atoms with Crippen LogP contribution in [0.15, 0.2) is 11.6 Å². The third-order valence-corrected chi connectivity index (χ3v) is 8.20. The van der Waals surface area contributed by atoms with E-state index in [1.54, 1.807) is 0 Å². The number of allylic oxidation sites excluding steroid dienone is 1. The Balaban J connectivity index is 1.70. The summed E-state index contributed by atoms with van der Waals surface area (Å²) in [6, 6.07) is 0. The lowest BCUT2D eigenvalue weighted by Gasteiger charge is -2.58. The molecule has 2 aliphatic carbocycles. The Morgan fingerprint density at radius 2 is 2.07 bits per heavy atom. The van der Waals surface area contributed by atoms with Crippen LogP contribution >= 0.6 is 0 Å². The van der Waals surface area contributed by atoms with Gasteiger partial charge in [-0.05, 0) is 72.7 Å². The fourth-order valence-electron chi connectivity index (χ4n) is 6.14. The molecule has 1 saturated heterocycles. The average molecular weight is 409 g/mol. The summed E-state index contributed by atoms with van der Waals surface area (Å²) < 4.78 is 10.7. The van der Waals surface area contributed by atoms with Crippen molar-refractivity contribution in [2.24, 2.45) is 28.6 Å². The van der Waals surface area contributed by atoms with Crippen LogP contribution in [0.4, 0.5) is 0 Å². The number of aliphatic carboxylic acids is 1. The number of hydrogen-bond donors (Lipinski definition) is 2. The summed E-state index contributed by atoms with van der Waals surface area (Å²) in [5, 5.41) is 18.4. The van der Waals surface area contributed by atoms with Crippen molar-refractivity contribution in [3.8, 4) is 0 Å². The van der Waals surface area contributed by atoms with E-state index >= 15 is 0 Å². The zero-order valence-corrected chi connectivity index (χ0v) is 18.0. The molecule has 2 fully saturated rings. The van der Waals surface area contributed by atoms with Gasteiger partial charge >= 0.3 is 11.9 Å². The van der Waals surface area contributed by atoms with Gasteiger partial charge in [0, 0.05) is 6.42 Å². The molecule has 3 rings (SSSR count). The van der Waals surface area contributed by atoms with E-state index < -0.39 is 24.6 Å². The van der Waals surface area contributed by atoms with Gasteiger partial charge in [0.05, 0.1) is 6.61 Å². The van der Waals surface area contributed by atoms with Crippen LogP contribution in [0.25, 0.3) is 0 Å². The SMILES string of the molecule is C[C@@H]1CC[C@@]2(C)C(COC(=O)CC(=O)O)=CCC[C@@H]2[C@@]1(C)CC[C@H]1CO[C@H](O)C1. The van der Waals surface area contributed by atoms with Gasteiger partial charge in [-0.25, -0.2) is 0 Å². The summed E-state index contributed by atoms with van der Waals surface area (Å²) in [7, 11) is 0. The standard InChI is InChI=1S/C23H36O6/c1-15-7-9-23(3)17(14-29-21(27)12-19(24)25)5-4-6-18(23)22(15,2)10-8-16-11-20(26)28-13-16/h5,15-16,18,20,26H,4,6-14H2,1-3H3,(H,24,25)/t15-,16-,18-,20+,22+,23+/m1/s1. The molecule has 0 aromatic heterocycles. The third kappa shape index (κ3) is 4.69. The maximum Gasteiger partial charge on any atom is 0.317 e. The molecule has 3 aliphatic rings. The van der Waals surface area contributed by atoms with Crippen molar-refractivity contribution in [1.29, 1.82) is 0 Å². The second-order valence-electron chi connectivity index (χ2n) is 9.88. The molecule has 0 spiro atoms. The van der Waals surface area contributed by atoms with E-state index in [4.69, 9.17) is 14.6 Å². The van der Waals surface area contributed by atoms with Gasteiger partial charge in [-0.2, -0.15) is 0 Å². The summed E-state index contributed by atoms with van der Waals surface area (Å²) in [4.78, 5) is 22.5. The Hall–Kier alpha value is -1.40. The molecule has 6 nitrogen and oxygen atoms in total. The number of ether oxygens (including phenoxy) is 2. The van der Waals surface area contributed by atoms with Crippen LogP contribution < -0.4 is 0 Å². The minimum Gasteiger partial charge on any atom is -0.481 e. The molecule has 1 saturated carbocycles. The average Bonchev–Trinajstić information content (AvgIpc) is 3.07. The summed E-state index contributed by atoms with van der Waals surface area (Å²) in [6.45, 7) is 7.94. The Labute approximate surface area is 173 Å². The number of carbonyl (C=O) groups is 2. The van der Waals surface area contributed by atoms with Gasteiger partial charge in [-0.3, -0.25) is 9.59 Å². The van der Waals surface area contributed by atoms with Crippen molar-refractivity contribution >= 4 is 11.9 Å². The number of carbonyl (C=O) groups excluding carboxylic acids is 1. The highest BCUT2D eigenvalue weighted by molar-refractivity contribution is 5.90. The molecule has 164 valence electrons. The number of carboxylic acids is 1. The summed E-state index contributed by atoms with van der Waals surface area (Å²) in [5.74, 6) is -0.281. The molecule has 6 atom stereocenters. The zero-order chi connectivity index (χ0) is 21.2. The second-order valence-corrected chi connectivity index (χ2v) is 9.88. The number of fused-ring (bicyclic) bond motifs is 1. The van der Waals surface area contributed by atoms with Gasteiger partial charge in [0.2, 0.25) is 0 Å². The van der Waals surface area contributed by atoms with Crippen molar-refractivity contribution in [1.82, 2.24) is 0 Å². The number of carboxylic acid groups (broad SMARTS) is 1. The highest BCUT2D eigenvalue weighted by Gasteiger charge is 2.54. The van der Waals surface area contributed by atoms with E-state index in [1.807, 2.05) is 0 Å². The number of hydrogen-bond acceptors (Lipinski definition) is 5. The van der Waals surface area contributed by atoms with Crippen LogP contribution in [0, 0.1) is 28.6 Å². The predicted octanol–water partition coefficient (Wildman–Crippen LogP) is 3.92. The lowest BCUT2D eigenvalue weighted by molar-refractivity contribution is -0.151. The first-order chi connectivity index (χ1) is 13.6. The maximum absolute atomic E-state index is 11.8. The van der Waals surface area contributed by atoms with Gasteiger partial charge < -0.3 is 19.7 Å². The van der Waals surface area contributed by atoms with Crippen LogP contribution in [0.5, 0.6) is 0 Å². The molecule has 1 aliphatic heterocycles. The summed E-state index contributed by atoms with van der Waals surface area (Å²) in [6.07, 6.45) is 8.24. The van der Waals surface area contributed by atoms with Gasteiger partial charge in [0.25, 0.3) is 0 Å². The molecular weight excluding hydrogens is 372 g/mol. The topological polar surface area (TPSA) is 93.1 Å². The quantitative estimate of drug-likeness (QED) is 0.377. The number of esters is 1. The number of aliphatic hydroxyl groups excluding tert-OH is 1. The Bertz CT molecular complexity index is 658. The highest BCUT2D eigenvalue weighted by Crippen LogP contribution is 2.62. The molecule has 2 N–H and O–H groups in total. The van der Waals surface area contributed by atoms with Crippen molar-refractivity contribution in [2.45, 2.75) is 78.4 Å². The van der Waals surface area contributed by atoms with Crippen molar-refractivity contribution in [2.75, 3.05) is 13.2 Å². The van der Waals surface area contributed by atoms with Gasteiger partial charge in [-0.15, -0.1) is 0 Å². The van der Waals surface area contributed by atoms with E-state index in [1.165, 1.54) is 0 Å². The molecule has 1 heterocycles. The summed E-state index contributed by atoms with van der Waals surface area (Å²) in [5.41, 5.74) is 1.32. The number of aliphatic hydroxyl groups is 1. The van der Waals surface area contributed by atoms with Crippen molar-refractivity contribution in [3.63, 3.8) is 0 Å². The zero-order valence-electron chi connectivity index (χ0n) is 18.0. The van der Waals surface area contributed by atoms with E-state index in [0.717, 1.165) is 50.5 Å². The fraction of sp³-hybridized carbons (Fsp3) is 0.826. The first-order valence-corrected chi connectivity index (χ1v) is 11.0. The van der Waals surface area contributed by atoms with E-state index in [2.05, 4.69) is 26.8 Å². The molecule has 0 amide bonds. The molecule has 0 bridgehead atoms. The van der Waals surface area contributed by atoms with Gasteiger partial charge in [-0.1, -0.05) is 26.8 Å². The van der Waals surface area contributed by atoms with Crippen molar-refractivity contribution < 1.29 is 29.3 Å². The third-order valence-electron chi connectivity index (χ3n) is 8.20. The maximum atomic E-state index is 11.8. The summed E-state index contributed by atoms with van der Waals surface area (Å²) >= 11 is 0. The molecule has 0 aromatic rings. The van der Waals surface area contributed by atoms with Gasteiger partial charge in [0.15, 0.2) is 6.29 Å². The monoisotopic (exact) mass is 408 g/mol. The first-order valence-electron chi connectivity index (χ1n) is 11.0. The van der Waals surface area contributed by atoms with E-state index in [9.17, 15) is 14.7 Å². The normalized spacial score (nSPS) is 39.5. The van der Waals surface area contributed by atoms with Crippen LogP contribution in [0.3, 0.4) is 0 Å². The van der Waals surface area contributed by atoms with E-state index in [0.29, 0.717) is 24.4 Å². The molecule has 0 aromatic carbocycles. The highest BCUT2D eigenvalue weighted by atomic mass is 16.6. The Morgan fingerprint density at radius 1 is 1.31 bits per heavy atom. The van der Waals surface area contributed by atoms with Crippen molar-refractivity contribution in [3.05, 3.63) is 11.6 Å². The van der Waals surface area contributed by atoms with Crippen LogP contribution in [0.1, 0.15) is 72.1 Å². The Morgan fingerprint density at radius 3 is 2.72 bits per heavy atom. The number of rotatable bonds is 7. The largest absolute Gasteiger partial charge is 0.481 e. The minimum atomic E-state index is -1.16. The van der Waals surface area contributed by atoms with Crippen LogP contribution in [0.2, 0.25) is 0 Å². The van der Waals surface area contributed by atoms with Crippen LogP contribution in [-0.4, -0.2) is 41.7 Å². The smallest absolute Gasteiger partial charge is 0.317 e. The van der Waals surface area contributed by atoms with Gasteiger partial charge in [0.1, 0.15) is 13.0 Å². The molecular formula is C23H36O6. The van der Waals surface area contributed by atoms with Crippen LogP contribution in [-0.2, 0) is 19.1 Å². The first kappa shape index (κ1) is 22.3. The lowest BCUT2D eigenvalue weighted by Crippen LogP contribution is -2.50. The molecule has 0 radical (unpaired) electrons. The second kappa shape index (κ2) is 8.76. The fourth-order valence-corrected chi connectivity index (χ4v) is 6.14. The molecule has 29 heavy (non-hydrogen) atoms. The van der Waals surface area contributed by atoms with E-state index in [-0.39, 0.29) is 17.4 Å². The molecule has 0 unspecified atom stereocenters. The minimum absolute atomic E-state index is 0.0191. The molecule has 6 heteroatoms. The predicted molar refractivity (Wildman–Crippen MR) is 108 cm³/mol. The Kier molecular flexibility index (Phi) is 6.74. The lowest BCUT2D eigenvalue weighted by atomic mass is 9.46.